The molecule has 4 rings (SSSR count). The first-order chi connectivity index (χ1) is 14.2. The van der Waals surface area contributed by atoms with Crippen LogP contribution in [0.3, 0.4) is 0 Å². The fourth-order valence-corrected chi connectivity index (χ4v) is 3.13. The highest BCUT2D eigenvalue weighted by molar-refractivity contribution is 6.02. The fourth-order valence-electron chi connectivity index (χ4n) is 3.13. The van der Waals surface area contributed by atoms with Gasteiger partial charge in [0, 0.05) is 29.5 Å². The van der Waals surface area contributed by atoms with E-state index in [2.05, 4.69) is 20.6 Å². The lowest BCUT2D eigenvalue weighted by atomic mass is 10.1. The molecule has 0 bridgehead atoms. The minimum atomic E-state index is 0.611. The van der Waals surface area contributed by atoms with Gasteiger partial charge in [-0.2, -0.15) is 0 Å². The van der Waals surface area contributed by atoms with E-state index < -0.39 is 0 Å². The number of para-hydroxylation sites is 1. The minimum Gasteiger partial charge on any atom is -0.493 e. The molecule has 0 amide bonds. The molecule has 0 fully saturated rings. The van der Waals surface area contributed by atoms with Crippen LogP contribution >= 0.6 is 0 Å². The van der Waals surface area contributed by atoms with Gasteiger partial charge in [0.05, 0.1) is 19.9 Å². The SMILES string of the molecule is COc1cc2c(cc1OC)N=CN=C(Nc1ccc(Nc3ccccc3)cc1)C2. The summed E-state index contributed by atoms with van der Waals surface area (Å²) < 4.78 is 10.8. The summed E-state index contributed by atoms with van der Waals surface area (Å²) in [5.74, 6) is 2.14. The van der Waals surface area contributed by atoms with E-state index in [1.54, 1.807) is 20.6 Å². The van der Waals surface area contributed by atoms with Gasteiger partial charge in [-0.25, -0.2) is 9.98 Å². The lowest BCUT2D eigenvalue weighted by molar-refractivity contribution is 0.355. The zero-order chi connectivity index (χ0) is 20.1. The molecule has 0 unspecified atom stereocenters. The average Bonchev–Trinajstić information content (AvgIpc) is 2.96. The molecule has 2 N–H and O–H groups in total. The molecule has 146 valence electrons. The van der Waals surface area contributed by atoms with Crippen molar-refractivity contribution in [3.05, 3.63) is 72.3 Å². The Morgan fingerprint density at radius 1 is 0.759 bits per heavy atom. The third-order valence-electron chi connectivity index (χ3n) is 4.59. The van der Waals surface area contributed by atoms with Crippen LogP contribution in [0.4, 0.5) is 22.7 Å². The molecular weight excluding hydrogens is 364 g/mol. The first kappa shape index (κ1) is 18.6. The maximum Gasteiger partial charge on any atom is 0.162 e. The second-order valence-corrected chi connectivity index (χ2v) is 6.53. The largest absolute Gasteiger partial charge is 0.493 e. The van der Waals surface area contributed by atoms with Gasteiger partial charge in [-0.1, -0.05) is 18.2 Å². The number of anilines is 3. The van der Waals surface area contributed by atoms with Crippen molar-refractivity contribution >= 4 is 34.9 Å². The predicted molar refractivity (Wildman–Crippen MR) is 119 cm³/mol. The molecule has 1 heterocycles. The van der Waals surface area contributed by atoms with E-state index in [1.165, 1.54) is 0 Å². The topological polar surface area (TPSA) is 67.2 Å². The van der Waals surface area contributed by atoms with Gasteiger partial charge >= 0.3 is 0 Å². The molecular formula is C23H22N4O2. The summed E-state index contributed by atoms with van der Waals surface area (Å²) in [6.45, 7) is 0. The summed E-state index contributed by atoms with van der Waals surface area (Å²) in [5, 5.41) is 6.75. The standard InChI is InChI=1S/C23H22N4O2/c1-28-21-12-16-13-23(25-15-24-20(16)14-22(21)29-2)27-19-10-8-18(9-11-19)26-17-6-4-3-5-7-17/h3-12,14-15,26H,13H2,1-2H3,(H,24,25,27). The Balaban J connectivity index is 1.47. The minimum absolute atomic E-state index is 0.611. The van der Waals surface area contributed by atoms with Gasteiger partial charge in [-0.05, 0) is 48.0 Å². The summed E-state index contributed by atoms with van der Waals surface area (Å²) in [7, 11) is 3.24. The Bertz CT molecular complexity index is 1040. The van der Waals surface area contributed by atoms with Crippen molar-refractivity contribution in [2.24, 2.45) is 9.98 Å². The van der Waals surface area contributed by atoms with Crippen molar-refractivity contribution in [1.82, 2.24) is 0 Å². The zero-order valence-electron chi connectivity index (χ0n) is 16.3. The second-order valence-electron chi connectivity index (χ2n) is 6.53. The summed E-state index contributed by atoms with van der Waals surface area (Å²) in [4.78, 5) is 8.88. The second kappa shape index (κ2) is 8.48. The number of hydrogen-bond acceptors (Lipinski definition) is 6. The third kappa shape index (κ3) is 4.38. The van der Waals surface area contributed by atoms with Crippen molar-refractivity contribution in [2.75, 3.05) is 24.9 Å². The number of nitrogens with one attached hydrogen (secondary N) is 2. The highest BCUT2D eigenvalue weighted by Crippen LogP contribution is 2.35. The highest BCUT2D eigenvalue weighted by atomic mass is 16.5. The molecule has 0 spiro atoms. The summed E-state index contributed by atoms with van der Waals surface area (Å²) in [5.41, 5.74) is 4.88. The average molecular weight is 386 g/mol. The highest BCUT2D eigenvalue weighted by Gasteiger charge is 2.14. The molecule has 0 aliphatic carbocycles. The molecule has 6 nitrogen and oxygen atoms in total. The maximum absolute atomic E-state index is 5.41. The van der Waals surface area contributed by atoms with E-state index >= 15 is 0 Å². The number of methoxy groups -OCH3 is 2. The van der Waals surface area contributed by atoms with Crippen LogP contribution in [0.1, 0.15) is 5.56 Å². The van der Waals surface area contributed by atoms with Gasteiger partial charge in [-0.15, -0.1) is 0 Å². The van der Waals surface area contributed by atoms with Crippen molar-refractivity contribution in [1.29, 1.82) is 0 Å². The molecule has 0 radical (unpaired) electrons. The number of hydrogen-bond donors (Lipinski definition) is 2. The smallest absolute Gasteiger partial charge is 0.162 e. The van der Waals surface area contributed by atoms with Crippen LogP contribution < -0.4 is 20.1 Å². The van der Waals surface area contributed by atoms with Crippen LogP contribution in [0, 0.1) is 0 Å². The number of fused-ring (bicyclic) bond motifs is 1. The molecule has 3 aromatic carbocycles. The Kier molecular flexibility index (Phi) is 5.42. The lowest BCUT2D eigenvalue weighted by Gasteiger charge is -2.13. The first-order valence-corrected chi connectivity index (χ1v) is 9.28. The number of rotatable bonds is 5. The molecule has 0 saturated heterocycles. The lowest BCUT2D eigenvalue weighted by Crippen LogP contribution is -2.15. The van der Waals surface area contributed by atoms with E-state index in [0.29, 0.717) is 17.9 Å². The molecule has 3 aromatic rings. The Labute approximate surface area is 169 Å². The monoisotopic (exact) mass is 386 g/mol. The van der Waals surface area contributed by atoms with Crippen molar-refractivity contribution in [2.45, 2.75) is 6.42 Å². The molecule has 29 heavy (non-hydrogen) atoms. The van der Waals surface area contributed by atoms with Gasteiger partial charge in [-0.3, -0.25) is 0 Å². The van der Waals surface area contributed by atoms with Gasteiger partial charge in [0.25, 0.3) is 0 Å². The first-order valence-electron chi connectivity index (χ1n) is 9.28. The van der Waals surface area contributed by atoms with Gasteiger partial charge in [0.15, 0.2) is 11.5 Å². The molecule has 0 saturated carbocycles. The zero-order valence-corrected chi connectivity index (χ0v) is 16.3. The number of ether oxygens (including phenoxy) is 2. The van der Waals surface area contributed by atoms with Crippen LogP contribution in [-0.4, -0.2) is 26.4 Å². The van der Waals surface area contributed by atoms with Crippen molar-refractivity contribution in [3.8, 4) is 11.5 Å². The number of amidine groups is 1. The van der Waals surface area contributed by atoms with Crippen molar-refractivity contribution < 1.29 is 9.47 Å². The Morgan fingerprint density at radius 2 is 1.38 bits per heavy atom. The van der Waals surface area contributed by atoms with Crippen LogP contribution in [0.5, 0.6) is 11.5 Å². The van der Waals surface area contributed by atoms with Crippen LogP contribution in [-0.2, 0) is 6.42 Å². The molecule has 0 atom stereocenters. The Morgan fingerprint density at radius 3 is 2.07 bits per heavy atom. The summed E-state index contributed by atoms with van der Waals surface area (Å²) in [6, 6.07) is 22.0. The van der Waals surface area contributed by atoms with E-state index in [4.69, 9.17) is 9.47 Å². The van der Waals surface area contributed by atoms with Crippen molar-refractivity contribution in [3.63, 3.8) is 0 Å². The summed E-state index contributed by atoms with van der Waals surface area (Å²) >= 11 is 0. The van der Waals surface area contributed by atoms with Crippen LogP contribution in [0.25, 0.3) is 0 Å². The van der Waals surface area contributed by atoms with Gasteiger partial charge in [0.2, 0.25) is 0 Å². The van der Waals surface area contributed by atoms with Crippen LogP contribution in [0.15, 0.2) is 76.7 Å². The summed E-state index contributed by atoms with van der Waals surface area (Å²) in [6.07, 6.45) is 2.17. The quantitative estimate of drug-likeness (QED) is 0.634. The third-order valence-corrected chi connectivity index (χ3v) is 4.59. The Hall–Kier alpha value is -3.80. The number of nitrogens with zero attached hydrogens (tertiary/aromatic N) is 2. The molecule has 1 aliphatic heterocycles. The van der Waals surface area contributed by atoms with E-state index in [-0.39, 0.29) is 0 Å². The fraction of sp³-hybridized carbons (Fsp3) is 0.130. The number of aliphatic imine (C=N–C) groups is 2. The predicted octanol–water partition coefficient (Wildman–Crippen LogP) is 5.17. The van der Waals surface area contributed by atoms with E-state index in [0.717, 1.165) is 34.1 Å². The van der Waals surface area contributed by atoms with Gasteiger partial charge < -0.3 is 20.1 Å². The molecule has 1 aliphatic rings. The van der Waals surface area contributed by atoms with Crippen LogP contribution in [0.2, 0.25) is 0 Å². The normalized spacial score (nSPS) is 12.4. The number of benzene rings is 3. The van der Waals surface area contributed by atoms with E-state index in [1.807, 2.05) is 66.7 Å². The van der Waals surface area contributed by atoms with E-state index in [9.17, 15) is 0 Å². The van der Waals surface area contributed by atoms with Gasteiger partial charge in [0.1, 0.15) is 12.2 Å². The molecule has 0 aromatic heterocycles. The maximum atomic E-state index is 5.41. The molecule has 6 heteroatoms.